The van der Waals surface area contributed by atoms with E-state index in [1.807, 2.05) is 35.1 Å². The first kappa shape index (κ1) is 13.7. The van der Waals surface area contributed by atoms with Gasteiger partial charge in [0.05, 0.1) is 22.6 Å². The van der Waals surface area contributed by atoms with Crippen molar-refractivity contribution in [3.05, 3.63) is 64.8 Å². The van der Waals surface area contributed by atoms with E-state index in [-0.39, 0.29) is 0 Å². The van der Waals surface area contributed by atoms with Crippen LogP contribution in [0, 0.1) is 13.8 Å². The summed E-state index contributed by atoms with van der Waals surface area (Å²) in [7, 11) is 0. The van der Waals surface area contributed by atoms with Crippen molar-refractivity contribution in [2.45, 2.75) is 13.8 Å². The summed E-state index contributed by atoms with van der Waals surface area (Å²) >= 11 is 6.24. The van der Waals surface area contributed by atoms with Gasteiger partial charge in [-0.15, -0.1) is 0 Å². The molecule has 3 rings (SSSR count). The van der Waals surface area contributed by atoms with Crippen LogP contribution in [0.2, 0.25) is 5.02 Å². The van der Waals surface area contributed by atoms with Gasteiger partial charge in [0, 0.05) is 5.56 Å². The maximum absolute atomic E-state index is 6.24. The van der Waals surface area contributed by atoms with E-state index in [1.165, 1.54) is 5.56 Å². The lowest BCUT2D eigenvalue weighted by Crippen LogP contribution is -1.98. The highest BCUT2D eigenvalue weighted by Gasteiger charge is 2.13. The van der Waals surface area contributed by atoms with Crippen LogP contribution in [0.1, 0.15) is 11.1 Å². The Bertz CT molecular complexity index is 806. The number of benzene rings is 2. The highest BCUT2D eigenvalue weighted by molar-refractivity contribution is 6.33. The Morgan fingerprint density at radius 1 is 1.10 bits per heavy atom. The van der Waals surface area contributed by atoms with Gasteiger partial charge in [-0.3, -0.25) is 0 Å². The Kier molecular flexibility index (Phi) is 3.43. The molecule has 0 amide bonds. The largest absolute Gasteiger partial charge is 0.396 e. The number of halogens is 1. The van der Waals surface area contributed by atoms with E-state index in [0.717, 1.165) is 16.8 Å². The summed E-state index contributed by atoms with van der Waals surface area (Å²) in [6.07, 6.45) is 1.83. The van der Waals surface area contributed by atoms with E-state index >= 15 is 0 Å². The second-order valence-electron chi connectivity index (χ2n) is 5.15. The minimum Gasteiger partial charge on any atom is -0.396 e. The van der Waals surface area contributed by atoms with Gasteiger partial charge in [0.1, 0.15) is 5.69 Å². The van der Waals surface area contributed by atoms with Crippen LogP contribution in [0.5, 0.6) is 0 Å². The third-order valence-corrected chi connectivity index (χ3v) is 3.81. The molecule has 0 bridgehead atoms. The highest BCUT2D eigenvalue weighted by atomic mass is 35.5. The van der Waals surface area contributed by atoms with Crippen molar-refractivity contribution in [1.29, 1.82) is 0 Å². The number of anilines is 1. The molecule has 2 aromatic carbocycles. The van der Waals surface area contributed by atoms with Crippen LogP contribution in [0.25, 0.3) is 16.9 Å². The summed E-state index contributed by atoms with van der Waals surface area (Å²) in [6, 6.07) is 13.8. The molecule has 0 atom stereocenters. The van der Waals surface area contributed by atoms with E-state index < -0.39 is 0 Å². The molecule has 0 fully saturated rings. The molecule has 0 aliphatic rings. The third kappa shape index (κ3) is 2.52. The number of nitrogens with two attached hydrogens (primary N) is 1. The second-order valence-corrected chi connectivity index (χ2v) is 5.55. The molecule has 0 spiro atoms. The van der Waals surface area contributed by atoms with Crippen LogP contribution < -0.4 is 5.73 Å². The van der Waals surface area contributed by atoms with E-state index in [0.29, 0.717) is 16.4 Å². The fourth-order valence-electron chi connectivity index (χ4n) is 2.34. The quantitative estimate of drug-likeness (QED) is 0.762. The number of rotatable bonds is 2. The lowest BCUT2D eigenvalue weighted by molar-refractivity contribution is 0.875. The summed E-state index contributed by atoms with van der Waals surface area (Å²) in [4.78, 5) is 0. The molecule has 0 saturated heterocycles. The Morgan fingerprint density at radius 2 is 1.86 bits per heavy atom. The molecule has 106 valence electrons. The average molecular weight is 298 g/mol. The Labute approximate surface area is 129 Å². The van der Waals surface area contributed by atoms with E-state index in [4.69, 9.17) is 17.3 Å². The molecular weight excluding hydrogens is 282 g/mol. The van der Waals surface area contributed by atoms with Crippen molar-refractivity contribution in [2.75, 3.05) is 5.73 Å². The van der Waals surface area contributed by atoms with Crippen LogP contribution in [0.4, 0.5) is 5.69 Å². The molecule has 0 unspecified atom stereocenters. The van der Waals surface area contributed by atoms with Crippen LogP contribution in [-0.2, 0) is 0 Å². The van der Waals surface area contributed by atoms with Crippen molar-refractivity contribution < 1.29 is 0 Å². The number of nitrogens with zero attached hydrogens (tertiary/aromatic N) is 2. The first-order chi connectivity index (χ1) is 10.1. The fourth-order valence-corrected chi connectivity index (χ4v) is 2.56. The number of hydrogen-bond acceptors (Lipinski definition) is 2. The minimum absolute atomic E-state index is 0.615. The van der Waals surface area contributed by atoms with Gasteiger partial charge in [-0.2, -0.15) is 5.10 Å². The van der Waals surface area contributed by atoms with Crippen LogP contribution in [-0.4, -0.2) is 9.78 Å². The maximum Gasteiger partial charge on any atom is 0.117 e. The standard InChI is InChI=1S/C17H16ClN3/c1-11-7-8-12(2)16(9-11)21-10-15(19)17(20-21)13-5-3-4-6-14(13)18/h3-10H,19H2,1-2H3. The van der Waals surface area contributed by atoms with Gasteiger partial charge in [-0.1, -0.05) is 41.9 Å². The summed E-state index contributed by atoms with van der Waals surface area (Å²) in [6.45, 7) is 4.12. The van der Waals surface area contributed by atoms with Gasteiger partial charge in [-0.05, 0) is 37.1 Å². The summed E-state index contributed by atoms with van der Waals surface area (Å²) in [5.74, 6) is 0. The Balaban J connectivity index is 2.14. The van der Waals surface area contributed by atoms with Gasteiger partial charge in [-0.25, -0.2) is 4.68 Å². The SMILES string of the molecule is Cc1ccc(C)c(-n2cc(N)c(-c3ccccc3Cl)n2)c1. The third-order valence-electron chi connectivity index (χ3n) is 3.48. The molecule has 4 heteroatoms. The molecule has 1 aromatic heterocycles. The number of nitrogen functional groups attached to an aromatic ring is 1. The van der Waals surface area contributed by atoms with Crippen LogP contribution in [0.15, 0.2) is 48.7 Å². The predicted molar refractivity (Wildman–Crippen MR) is 87.9 cm³/mol. The van der Waals surface area contributed by atoms with Crippen molar-refractivity contribution in [3.63, 3.8) is 0 Å². The van der Waals surface area contributed by atoms with E-state index in [9.17, 15) is 0 Å². The first-order valence-electron chi connectivity index (χ1n) is 6.74. The van der Waals surface area contributed by atoms with Gasteiger partial charge >= 0.3 is 0 Å². The van der Waals surface area contributed by atoms with Crippen LogP contribution in [0.3, 0.4) is 0 Å². The minimum atomic E-state index is 0.615. The molecule has 0 aliphatic carbocycles. The first-order valence-corrected chi connectivity index (χ1v) is 7.12. The normalized spacial score (nSPS) is 10.8. The molecule has 2 N–H and O–H groups in total. The Morgan fingerprint density at radius 3 is 2.62 bits per heavy atom. The average Bonchev–Trinajstić information content (AvgIpc) is 2.84. The number of aryl methyl sites for hydroxylation is 2. The van der Waals surface area contributed by atoms with Crippen LogP contribution >= 0.6 is 11.6 Å². The van der Waals surface area contributed by atoms with Crippen molar-refractivity contribution in [3.8, 4) is 16.9 Å². The molecule has 0 aliphatic heterocycles. The van der Waals surface area contributed by atoms with E-state index in [1.54, 1.807) is 0 Å². The molecular formula is C17H16ClN3. The molecule has 1 heterocycles. The number of aromatic nitrogens is 2. The molecule has 21 heavy (non-hydrogen) atoms. The summed E-state index contributed by atoms with van der Waals surface area (Å²) in [5, 5.41) is 5.27. The lowest BCUT2D eigenvalue weighted by atomic mass is 10.1. The Hall–Kier alpha value is -2.26. The monoisotopic (exact) mass is 297 g/mol. The topological polar surface area (TPSA) is 43.8 Å². The molecule has 0 radical (unpaired) electrons. The second kappa shape index (κ2) is 5.26. The summed E-state index contributed by atoms with van der Waals surface area (Å²) in [5.41, 5.74) is 11.7. The molecule has 0 saturated carbocycles. The highest BCUT2D eigenvalue weighted by Crippen LogP contribution is 2.31. The zero-order chi connectivity index (χ0) is 15.0. The van der Waals surface area contributed by atoms with Gasteiger partial charge in [0.2, 0.25) is 0 Å². The fraction of sp³-hybridized carbons (Fsp3) is 0.118. The van der Waals surface area contributed by atoms with Gasteiger partial charge in [0.25, 0.3) is 0 Å². The van der Waals surface area contributed by atoms with Crippen molar-refractivity contribution in [1.82, 2.24) is 9.78 Å². The zero-order valence-electron chi connectivity index (χ0n) is 12.0. The predicted octanol–water partition coefficient (Wildman–Crippen LogP) is 4.39. The zero-order valence-corrected chi connectivity index (χ0v) is 12.7. The van der Waals surface area contributed by atoms with Crippen molar-refractivity contribution in [2.24, 2.45) is 0 Å². The van der Waals surface area contributed by atoms with Crippen molar-refractivity contribution >= 4 is 17.3 Å². The van der Waals surface area contributed by atoms with Gasteiger partial charge in [0.15, 0.2) is 0 Å². The molecule has 3 aromatic rings. The number of hydrogen-bond donors (Lipinski definition) is 1. The summed E-state index contributed by atoms with van der Waals surface area (Å²) < 4.78 is 1.82. The lowest BCUT2D eigenvalue weighted by Gasteiger charge is -2.07. The van der Waals surface area contributed by atoms with Gasteiger partial charge < -0.3 is 5.73 Å². The maximum atomic E-state index is 6.24. The smallest absolute Gasteiger partial charge is 0.117 e. The molecule has 3 nitrogen and oxygen atoms in total. The van der Waals surface area contributed by atoms with E-state index in [2.05, 4.69) is 37.1 Å².